The molecule has 0 aliphatic heterocycles. The second kappa shape index (κ2) is 5.71. The van der Waals surface area contributed by atoms with E-state index in [1.165, 1.54) is 11.8 Å². The number of H-pyrrole nitrogens is 1. The highest BCUT2D eigenvalue weighted by molar-refractivity contribution is 7.99. The van der Waals surface area contributed by atoms with E-state index >= 15 is 0 Å². The van der Waals surface area contributed by atoms with E-state index in [0.717, 1.165) is 27.8 Å². The highest BCUT2D eigenvalue weighted by Gasteiger charge is 2.18. The van der Waals surface area contributed by atoms with Gasteiger partial charge in [-0.1, -0.05) is 18.2 Å². The second-order valence-corrected chi connectivity index (χ2v) is 5.58. The van der Waals surface area contributed by atoms with Crippen molar-refractivity contribution in [1.29, 1.82) is 0 Å². The van der Waals surface area contributed by atoms with Gasteiger partial charge in [-0.15, -0.1) is 5.10 Å². The third kappa shape index (κ3) is 2.70. The zero-order valence-corrected chi connectivity index (χ0v) is 12.7. The van der Waals surface area contributed by atoms with Crippen molar-refractivity contribution in [2.75, 3.05) is 0 Å². The average Bonchev–Trinajstić information content (AvgIpc) is 3.04. The Labute approximate surface area is 126 Å². The number of aromatic nitrogens is 5. The maximum absolute atomic E-state index is 5.89. The van der Waals surface area contributed by atoms with Crippen LogP contribution in [-0.2, 0) is 6.54 Å². The Hall–Kier alpha value is -2.12. The van der Waals surface area contributed by atoms with Crippen LogP contribution in [0.5, 0.6) is 0 Å². The van der Waals surface area contributed by atoms with Gasteiger partial charge in [-0.3, -0.25) is 5.10 Å². The zero-order valence-electron chi connectivity index (χ0n) is 11.9. The molecule has 0 radical (unpaired) electrons. The molecule has 0 aliphatic rings. The summed E-state index contributed by atoms with van der Waals surface area (Å²) in [5, 5.41) is 13.3. The van der Waals surface area contributed by atoms with Crippen LogP contribution in [-0.4, -0.2) is 25.0 Å². The molecule has 1 aromatic carbocycles. The summed E-state index contributed by atoms with van der Waals surface area (Å²) in [4.78, 5) is 4.34. The molecule has 0 atom stereocenters. The summed E-state index contributed by atoms with van der Waals surface area (Å²) in [6.07, 6.45) is 0. The highest BCUT2D eigenvalue weighted by atomic mass is 32.2. The van der Waals surface area contributed by atoms with Gasteiger partial charge in [0.1, 0.15) is 10.9 Å². The molecule has 7 heteroatoms. The average molecular weight is 300 g/mol. The van der Waals surface area contributed by atoms with Crippen molar-refractivity contribution in [3.63, 3.8) is 0 Å². The lowest BCUT2D eigenvalue weighted by Crippen LogP contribution is -2.01. The van der Waals surface area contributed by atoms with Gasteiger partial charge in [-0.25, -0.2) is 9.67 Å². The van der Waals surface area contributed by atoms with Crippen LogP contribution >= 0.6 is 11.8 Å². The van der Waals surface area contributed by atoms with Crippen LogP contribution in [0.15, 0.2) is 40.5 Å². The Balaban J connectivity index is 2.08. The van der Waals surface area contributed by atoms with Gasteiger partial charge in [-0.2, -0.15) is 5.10 Å². The Kier molecular flexibility index (Phi) is 3.76. The number of nitrogens with two attached hydrogens (primary N) is 1. The smallest absolute Gasteiger partial charge is 0.214 e. The fourth-order valence-corrected chi connectivity index (χ4v) is 3.11. The summed E-state index contributed by atoms with van der Waals surface area (Å²) in [6.45, 7) is 4.28. The first kappa shape index (κ1) is 13.8. The molecule has 6 nitrogen and oxygen atoms in total. The Bertz CT molecular complexity index is 746. The maximum Gasteiger partial charge on any atom is 0.214 e. The van der Waals surface area contributed by atoms with Crippen LogP contribution in [0.25, 0.3) is 5.69 Å². The SMILES string of the molecule is Cc1nc(Sc2c(CN)c(C)nn2-c2ccccc2)n[nH]1. The van der Waals surface area contributed by atoms with Crippen molar-refractivity contribution in [3.05, 3.63) is 47.4 Å². The summed E-state index contributed by atoms with van der Waals surface area (Å²) in [6, 6.07) is 9.98. The molecule has 0 saturated heterocycles. The predicted molar refractivity (Wildman–Crippen MR) is 81.4 cm³/mol. The van der Waals surface area contributed by atoms with Gasteiger partial charge in [0.05, 0.1) is 11.4 Å². The van der Waals surface area contributed by atoms with Crippen LogP contribution in [0.4, 0.5) is 0 Å². The summed E-state index contributed by atoms with van der Waals surface area (Å²) in [5.41, 5.74) is 8.83. The number of nitrogens with one attached hydrogen (secondary N) is 1. The molecule has 3 N–H and O–H groups in total. The maximum atomic E-state index is 5.89. The minimum atomic E-state index is 0.435. The van der Waals surface area contributed by atoms with E-state index in [2.05, 4.69) is 20.3 Å². The molecule has 0 saturated carbocycles. The number of hydrogen-bond donors (Lipinski definition) is 2. The van der Waals surface area contributed by atoms with E-state index in [1.807, 2.05) is 48.9 Å². The fourth-order valence-electron chi connectivity index (χ4n) is 2.08. The van der Waals surface area contributed by atoms with Crippen molar-refractivity contribution in [1.82, 2.24) is 25.0 Å². The molecule has 108 valence electrons. The van der Waals surface area contributed by atoms with Crippen LogP contribution < -0.4 is 5.73 Å². The summed E-state index contributed by atoms with van der Waals surface area (Å²) >= 11 is 1.47. The molecule has 0 bridgehead atoms. The monoisotopic (exact) mass is 300 g/mol. The second-order valence-electron chi connectivity index (χ2n) is 4.63. The first-order chi connectivity index (χ1) is 10.2. The van der Waals surface area contributed by atoms with Gasteiger partial charge in [0, 0.05) is 12.1 Å². The molecule has 21 heavy (non-hydrogen) atoms. The Morgan fingerprint density at radius 3 is 2.62 bits per heavy atom. The van der Waals surface area contributed by atoms with Gasteiger partial charge in [0.2, 0.25) is 5.16 Å². The van der Waals surface area contributed by atoms with Crippen LogP contribution in [0, 0.1) is 13.8 Å². The molecule has 0 unspecified atom stereocenters. The molecule has 0 amide bonds. The van der Waals surface area contributed by atoms with Gasteiger partial charge >= 0.3 is 0 Å². The largest absolute Gasteiger partial charge is 0.326 e. The lowest BCUT2D eigenvalue weighted by molar-refractivity contribution is 0.785. The number of benzene rings is 1. The fraction of sp³-hybridized carbons (Fsp3) is 0.214. The molecule has 3 rings (SSSR count). The number of para-hydroxylation sites is 1. The van der Waals surface area contributed by atoms with E-state index in [0.29, 0.717) is 11.7 Å². The van der Waals surface area contributed by atoms with E-state index < -0.39 is 0 Å². The van der Waals surface area contributed by atoms with Crippen LogP contribution in [0.2, 0.25) is 0 Å². The lowest BCUT2D eigenvalue weighted by Gasteiger charge is -2.06. The van der Waals surface area contributed by atoms with E-state index in [4.69, 9.17) is 5.73 Å². The van der Waals surface area contributed by atoms with Gasteiger partial charge in [-0.05, 0) is 37.7 Å². The van der Waals surface area contributed by atoms with Crippen LogP contribution in [0.3, 0.4) is 0 Å². The van der Waals surface area contributed by atoms with Crippen LogP contribution in [0.1, 0.15) is 17.1 Å². The van der Waals surface area contributed by atoms with E-state index in [-0.39, 0.29) is 0 Å². The topological polar surface area (TPSA) is 85.4 Å². The summed E-state index contributed by atoms with van der Waals surface area (Å²) in [7, 11) is 0. The lowest BCUT2D eigenvalue weighted by atomic mass is 10.3. The minimum Gasteiger partial charge on any atom is -0.326 e. The summed E-state index contributed by atoms with van der Waals surface area (Å²) < 4.78 is 1.90. The summed E-state index contributed by atoms with van der Waals surface area (Å²) in [5.74, 6) is 0.786. The van der Waals surface area contributed by atoms with Crippen molar-refractivity contribution >= 4 is 11.8 Å². The molecule has 2 aromatic heterocycles. The first-order valence-corrected chi connectivity index (χ1v) is 7.41. The predicted octanol–water partition coefficient (Wildman–Crippen LogP) is 2.22. The number of aromatic amines is 1. The standard InChI is InChI=1S/C14H16N6S/c1-9-12(8-15)13(21-14-16-10(2)17-18-14)20(19-9)11-6-4-3-5-7-11/h3-7H,8,15H2,1-2H3,(H,16,17,18). The number of nitrogens with zero attached hydrogens (tertiary/aromatic N) is 4. The molecule has 0 spiro atoms. The molecule has 0 fully saturated rings. The quantitative estimate of drug-likeness (QED) is 0.771. The molecule has 2 heterocycles. The Morgan fingerprint density at radius 1 is 1.24 bits per heavy atom. The zero-order chi connectivity index (χ0) is 14.8. The van der Waals surface area contributed by atoms with Crippen molar-refractivity contribution < 1.29 is 0 Å². The molecular weight excluding hydrogens is 284 g/mol. The Morgan fingerprint density at radius 2 is 2.00 bits per heavy atom. The van der Waals surface area contributed by atoms with Crippen molar-refractivity contribution in [3.8, 4) is 5.69 Å². The van der Waals surface area contributed by atoms with Gasteiger partial charge < -0.3 is 5.73 Å². The minimum absolute atomic E-state index is 0.435. The van der Waals surface area contributed by atoms with Crippen molar-refractivity contribution in [2.24, 2.45) is 5.73 Å². The number of rotatable bonds is 4. The van der Waals surface area contributed by atoms with Crippen molar-refractivity contribution in [2.45, 2.75) is 30.6 Å². The first-order valence-electron chi connectivity index (χ1n) is 6.60. The molecule has 3 aromatic rings. The number of aryl methyl sites for hydroxylation is 2. The van der Waals surface area contributed by atoms with Gasteiger partial charge in [0.15, 0.2) is 0 Å². The third-order valence-corrected chi connectivity index (χ3v) is 4.08. The highest BCUT2D eigenvalue weighted by Crippen LogP contribution is 2.31. The van der Waals surface area contributed by atoms with Gasteiger partial charge in [0.25, 0.3) is 0 Å². The third-order valence-electron chi connectivity index (χ3n) is 3.11. The molecular formula is C14H16N6S. The molecule has 0 aliphatic carbocycles. The van der Waals surface area contributed by atoms with E-state index in [1.54, 1.807) is 0 Å². The van der Waals surface area contributed by atoms with E-state index in [9.17, 15) is 0 Å². The number of hydrogen-bond acceptors (Lipinski definition) is 5. The normalized spacial score (nSPS) is 11.0.